The van der Waals surface area contributed by atoms with E-state index in [1.807, 2.05) is 6.07 Å². The van der Waals surface area contributed by atoms with Gasteiger partial charge < -0.3 is 4.42 Å². The minimum Gasteiger partial charge on any atom is -0.455 e. The van der Waals surface area contributed by atoms with Gasteiger partial charge in [0.2, 0.25) is 0 Å². The summed E-state index contributed by atoms with van der Waals surface area (Å²) in [6.45, 7) is 0. The Balaban J connectivity index is 1.13. The van der Waals surface area contributed by atoms with E-state index in [0.29, 0.717) is 0 Å². The van der Waals surface area contributed by atoms with E-state index in [9.17, 15) is 0 Å². The number of allylic oxidation sites excluding steroid dienone is 4. The third kappa shape index (κ3) is 3.84. The monoisotopic (exact) mass is 708 g/mol. The van der Waals surface area contributed by atoms with E-state index in [1.54, 1.807) is 0 Å². The Bertz CT molecular complexity index is 3540. The van der Waals surface area contributed by atoms with Gasteiger partial charge in [-0.15, -0.1) is 0 Å². The average molecular weight is 709 g/mol. The highest BCUT2D eigenvalue weighted by Gasteiger charge is 2.47. The molecule has 0 unspecified atom stereocenters. The van der Waals surface area contributed by atoms with Crippen LogP contribution in [0.4, 0.5) is 0 Å². The Morgan fingerprint density at radius 2 is 0.946 bits per heavy atom. The van der Waals surface area contributed by atoms with Gasteiger partial charge in [0.1, 0.15) is 11.2 Å². The molecule has 1 heteroatoms. The van der Waals surface area contributed by atoms with E-state index >= 15 is 0 Å². The molecule has 10 aromatic rings. The van der Waals surface area contributed by atoms with Gasteiger partial charge in [-0.1, -0.05) is 164 Å². The average Bonchev–Trinajstić information content (AvgIpc) is 3.92. The summed E-state index contributed by atoms with van der Waals surface area (Å²) in [4.78, 5) is 0. The van der Waals surface area contributed by atoms with Crippen molar-refractivity contribution in [2.24, 2.45) is 0 Å². The van der Waals surface area contributed by atoms with Gasteiger partial charge in [0.25, 0.3) is 0 Å². The fraction of sp³-hybridized carbons (Fsp3) is 0.0182. The Labute approximate surface area is 323 Å². The molecule has 0 aliphatic heterocycles. The number of benzene rings is 9. The summed E-state index contributed by atoms with van der Waals surface area (Å²) in [7, 11) is 0. The molecule has 258 valence electrons. The first kappa shape index (κ1) is 30.1. The molecule has 0 fully saturated rings. The highest BCUT2D eigenvalue weighted by atomic mass is 16.3. The number of rotatable bonds is 2. The van der Waals surface area contributed by atoms with Crippen LogP contribution in [0.2, 0.25) is 0 Å². The summed E-state index contributed by atoms with van der Waals surface area (Å²) in [6, 6.07) is 64.8. The van der Waals surface area contributed by atoms with Gasteiger partial charge >= 0.3 is 0 Å². The van der Waals surface area contributed by atoms with E-state index in [2.05, 4.69) is 188 Å². The Hall–Kier alpha value is -7.22. The van der Waals surface area contributed by atoms with Gasteiger partial charge in [-0.3, -0.25) is 0 Å². The summed E-state index contributed by atoms with van der Waals surface area (Å²) in [5.41, 5.74) is 14.1. The summed E-state index contributed by atoms with van der Waals surface area (Å²) in [5.74, 6) is 0. The van der Waals surface area contributed by atoms with Crippen molar-refractivity contribution in [1.29, 1.82) is 0 Å². The van der Waals surface area contributed by atoms with Crippen molar-refractivity contribution in [3.63, 3.8) is 0 Å². The lowest BCUT2D eigenvalue weighted by molar-refractivity contribution is 0.670. The largest absolute Gasteiger partial charge is 0.455 e. The number of hydrogen-bond acceptors (Lipinski definition) is 1. The maximum atomic E-state index is 6.53. The Morgan fingerprint density at radius 1 is 0.393 bits per heavy atom. The molecule has 3 aliphatic rings. The highest BCUT2D eigenvalue weighted by molar-refractivity contribution is 6.25. The van der Waals surface area contributed by atoms with Crippen molar-refractivity contribution >= 4 is 71.5 Å². The van der Waals surface area contributed by atoms with E-state index in [4.69, 9.17) is 4.42 Å². The molecule has 0 amide bonds. The van der Waals surface area contributed by atoms with Gasteiger partial charge in [0.05, 0.1) is 5.41 Å². The fourth-order valence-corrected chi connectivity index (χ4v) is 10.5. The van der Waals surface area contributed by atoms with Crippen LogP contribution in [0.3, 0.4) is 0 Å². The van der Waals surface area contributed by atoms with Crippen molar-refractivity contribution < 1.29 is 4.42 Å². The van der Waals surface area contributed by atoms with Crippen LogP contribution in [0.15, 0.2) is 198 Å². The zero-order valence-electron chi connectivity index (χ0n) is 30.4. The van der Waals surface area contributed by atoms with Crippen LogP contribution in [-0.4, -0.2) is 0 Å². The van der Waals surface area contributed by atoms with Crippen molar-refractivity contribution in [3.8, 4) is 22.3 Å². The number of fused-ring (bicyclic) bond motifs is 17. The minimum absolute atomic E-state index is 0.439. The SMILES string of the molecule is C1=CC2(C3=c4cc5c6ccccc6c6ccccc6c5cc4=CC3=C1c1cccc(-c3cccc4c3oc3ccccc34)c1)c1ccccc1-c1ccccc12. The maximum absolute atomic E-state index is 6.53. The van der Waals surface area contributed by atoms with Gasteiger partial charge in [-0.05, 0) is 123 Å². The normalized spacial score (nSPS) is 14.9. The standard InChI is InChI=1S/C55H32O/c1-3-17-40-38(15-1)39-16-2-4-18-41(39)48-32-46-35(30-47(40)48)31-49-36(27-28-55(53(46)49)50-24-8-5-19-42(50)43-20-6-9-25-51(43)55)33-13-11-14-34(29-33)37-22-12-23-45-44-21-7-10-26-52(44)56-54(37)45/h1-32H. The fourth-order valence-electron chi connectivity index (χ4n) is 10.5. The van der Waals surface area contributed by atoms with Crippen LogP contribution in [0.5, 0.6) is 0 Å². The van der Waals surface area contributed by atoms with Gasteiger partial charge in [0.15, 0.2) is 0 Å². The molecule has 0 radical (unpaired) electrons. The minimum atomic E-state index is -0.439. The van der Waals surface area contributed by atoms with Crippen LogP contribution in [-0.2, 0) is 5.41 Å². The van der Waals surface area contributed by atoms with Crippen molar-refractivity contribution in [3.05, 3.63) is 221 Å². The molecule has 0 saturated heterocycles. The van der Waals surface area contributed by atoms with Gasteiger partial charge in [0, 0.05) is 16.3 Å². The second kappa shape index (κ2) is 10.9. The summed E-state index contributed by atoms with van der Waals surface area (Å²) < 4.78 is 6.53. The molecule has 1 spiro atoms. The molecule has 1 nitrogen and oxygen atoms in total. The second-order valence-electron chi connectivity index (χ2n) is 15.5. The predicted molar refractivity (Wildman–Crippen MR) is 234 cm³/mol. The third-order valence-corrected chi connectivity index (χ3v) is 12.8. The van der Waals surface area contributed by atoms with E-state index in [1.165, 1.54) is 87.3 Å². The lowest BCUT2D eigenvalue weighted by Crippen LogP contribution is -2.34. The Kier molecular flexibility index (Phi) is 5.89. The second-order valence-corrected chi connectivity index (χ2v) is 15.5. The van der Waals surface area contributed by atoms with Crippen LogP contribution < -0.4 is 10.4 Å². The lowest BCUT2D eigenvalue weighted by atomic mass is 9.66. The molecule has 1 heterocycles. The van der Waals surface area contributed by atoms with E-state index < -0.39 is 5.41 Å². The zero-order chi connectivity index (χ0) is 36.5. The number of hydrogen-bond donors (Lipinski definition) is 0. The molecule has 9 aromatic carbocycles. The number of furan rings is 1. The highest BCUT2D eigenvalue weighted by Crippen LogP contribution is 2.58. The van der Waals surface area contributed by atoms with Crippen molar-refractivity contribution in [2.45, 2.75) is 5.41 Å². The molecule has 3 aliphatic carbocycles. The summed E-state index contributed by atoms with van der Waals surface area (Å²) in [5, 5.41) is 12.7. The van der Waals surface area contributed by atoms with E-state index in [-0.39, 0.29) is 0 Å². The molecule has 0 saturated carbocycles. The Morgan fingerprint density at radius 3 is 1.68 bits per heavy atom. The molecule has 13 rings (SSSR count). The molecule has 1 aromatic heterocycles. The van der Waals surface area contributed by atoms with Gasteiger partial charge in [-0.2, -0.15) is 0 Å². The first-order chi connectivity index (χ1) is 27.8. The van der Waals surface area contributed by atoms with Crippen LogP contribution >= 0.6 is 0 Å². The first-order valence-corrected chi connectivity index (χ1v) is 19.5. The molecular formula is C55H32O. The molecular weight excluding hydrogens is 677 g/mol. The smallest absolute Gasteiger partial charge is 0.143 e. The first-order valence-electron chi connectivity index (χ1n) is 19.5. The van der Waals surface area contributed by atoms with Gasteiger partial charge in [-0.25, -0.2) is 0 Å². The van der Waals surface area contributed by atoms with Crippen molar-refractivity contribution in [2.75, 3.05) is 0 Å². The van der Waals surface area contributed by atoms with Crippen molar-refractivity contribution in [1.82, 2.24) is 0 Å². The van der Waals surface area contributed by atoms with Crippen LogP contribution in [0, 0.1) is 0 Å². The molecule has 0 atom stereocenters. The van der Waals surface area contributed by atoms with E-state index in [0.717, 1.165) is 33.1 Å². The third-order valence-electron chi connectivity index (χ3n) is 12.8. The predicted octanol–water partition coefficient (Wildman–Crippen LogP) is 12.6. The van der Waals surface area contributed by atoms with Crippen LogP contribution in [0.1, 0.15) is 16.7 Å². The topological polar surface area (TPSA) is 13.1 Å². The summed E-state index contributed by atoms with van der Waals surface area (Å²) in [6.07, 6.45) is 7.39. The maximum Gasteiger partial charge on any atom is 0.143 e. The molecule has 0 N–H and O–H groups in total. The summed E-state index contributed by atoms with van der Waals surface area (Å²) >= 11 is 0. The molecule has 0 bridgehead atoms. The molecule has 56 heavy (non-hydrogen) atoms. The van der Waals surface area contributed by atoms with Crippen LogP contribution in [0.25, 0.3) is 93.7 Å². The zero-order valence-corrected chi connectivity index (χ0v) is 30.4. The number of para-hydroxylation sites is 2. The quantitative estimate of drug-likeness (QED) is 0.163. The lowest BCUT2D eigenvalue weighted by Gasteiger charge is -2.35.